The molecular formula is C23H24N6O2S. The van der Waals surface area contributed by atoms with Gasteiger partial charge in [0.1, 0.15) is 18.7 Å². The molecule has 0 radical (unpaired) electrons. The summed E-state index contributed by atoms with van der Waals surface area (Å²) in [7, 11) is 1.36. The molecule has 1 aromatic carbocycles. The molecule has 4 heterocycles. The van der Waals surface area contributed by atoms with Gasteiger partial charge in [0.2, 0.25) is 0 Å². The second kappa shape index (κ2) is 9.05. The van der Waals surface area contributed by atoms with Crippen LogP contribution in [0, 0.1) is 0 Å². The number of hydrogen-bond acceptors (Lipinski definition) is 8. The molecule has 164 valence electrons. The topological polar surface area (TPSA) is 85.2 Å². The number of rotatable bonds is 7. The molecule has 1 aliphatic rings. The molecule has 9 heteroatoms. The molecule has 0 aliphatic carbocycles. The van der Waals surface area contributed by atoms with Crippen LogP contribution in [-0.4, -0.2) is 50.8 Å². The molecule has 4 aromatic rings. The Kier molecular flexibility index (Phi) is 5.83. The van der Waals surface area contributed by atoms with E-state index in [2.05, 4.69) is 61.0 Å². The van der Waals surface area contributed by atoms with Crippen LogP contribution < -0.4 is 5.32 Å². The van der Waals surface area contributed by atoms with Gasteiger partial charge in [-0.25, -0.2) is 14.6 Å². The zero-order valence-corrected chi connectivity index (χ0v) is 18.6. The predicted molar refractivity (Wildman–Crippen MR) is 123 cm³/mol. The van der Waals surface area contributed by atoms with Gasteiger partial charge in [-0.1, -0.05) is 30.3 Å². The molecule has 0 saturated heterocycles. The molecule has 0 fully saturated rings. The highest BCUT2D eigenvalue weighted by Crippen LogP contribution is 2.31. The fourth-order valence-corrected chi connectivity index (χ4v) is 5.09. The lowest BCUT2D eigenvalue weighted by atomic mass is 10.0. The maximum absolute atomic E-state index is 11.7. The van der Waals surface area contributed by atoms with Gasteiger partial charge in [-0.2, -0.15) is 5.10 Å². The Hall–Kier alpha value is -3.30. The van der Waals surface area contributed by atoms with E-state index in [-0.39, 0.29) is 18.6 Å². The minimum absolute atomic E-state index is 0.0137. The van der Waals surface area contributed by atoms with E-state index < -0.39 is 0 Å². The lowest BCUT2D eigenvalue weighted by Gasteiger charge is -2.35. The number of nitrogens with one attached hydrogen (secondary N) is 1. The average Bonchev–Trinajstić information content (AvgIpc) is 3.47. The summed E-state index contributed by atoms with van der Waals surface area (Å²) in [6.45, 7) is 2.67. The lowest BCUT2D eigenvalue weighted by Crippen LogP contribution is -2.37. The number of esters is 1. The van der Waals surface area contributed by atoms with E-state index >= 15 is 0 Å². The largest absolute Gasteiger partial charge is 0.468 e. The number of fused-ring (bicyclic) bond motifs is 2. The minimum Gasteiger partial charge on any atom is -0.468 e. The SMILES string of the molecule is COC(=O)Cn1ncc2c(NCC(c3ccccc3)N3CCc4sccc4C3)ncnc21. The van der Waals surface area contributed by atoms with Crippen LogP contribution in [-0.2, 0) is 29.0 Å². The fourth-order valence-electron chi connectivity index (χ4n) is 4.20. The Labute approximate surface area is 189 Å². The third-order valence-electron chi connectivity index (χ3n) is 5.87. The molecule has 0 saturated carbocycles. The van der Waals surface area contributed by atoms with Gasteiger partial charge in [0.25, 0.3) is 0 Å². The van der Waals surface area contributed by atoms with Crippen molar-refractivity contribution in [1.29, 1.82) is 0 Å². The summed E-state index contributed by atoms with van der Waals surface area (Å²) in [5.74, 6) is 0.338. The number of nitrogens with zero attached hydrogens (tertiary/aromatic N) is 5. The number of anilines is 1. The molecule has 5 rings (SSSR count). The summed E-state index contributed by atoms with van der Waals surface area (Å²) >= 11 is 1.85. The van der Waals surface area contributed by atoms with Crippen LogP contribution in [0.1, 0.15) is 22.0 Å². The second-order valence-electron chi connectivity index (χ2n) is 7.73. The van der Waals surface area contributed by atoms with Gasteiger partial charge in [-0.05, 0) is 29.0 Å². The maximum atomic E-state index is 11.7. The van der Waals surface area contributed by atoms with Crippen molar-refractivity contribution in [3.05, 3.63) is 70.3 Å². The highest BCUT2D eigenvalue weighted by Gasteiger charge is 2.26. The molecule has 1 aliphatic heterocycles. The third-order valence-corrected chi connectivity index (χ3v) is 6.89. The Morgan fingerprint density at radius 3 is 2.97 bits per heavy atom. The van der Waals surface area contributed by atoms with Gasteiger partial charge in [-0.15, -0.1) is 11.3 Å². The smallest absolute Gasteiger partial charge is 0.327 e. The molecular weight excluding hydrogens is 424 g/mol. The van der Waals surface area contributed by atoms with E-state index in [9.17, 15) is 4.79 Å². The Bertz CT molecular complexity index is 1220. The van der Waals surface area contributed by atoms with E-state index in [1.165, 1.54) is 34.1 Å². The van der Waals surface area contributed by atoms with Crippen molar-refractivity contribution in [3.8, 4) is 0 Å². The first-order valence-corrected chi connectivity index (χ1v) is 11.4. The monoisotopic (exact) mass is 448 g/mol. The molecule has 1 unspecified atom stereocenters. The summed E-state index contributed by atoms with van der Waals surface area (Å²) in [6.07, 6.45) is 4.27. The maximum Gasteiger partial charge on any atom is 0.327 e. The van der Waals surface area contributed by atoms with Crippen LogP contribution in [0.2, 0.25) is 0 Å². The molecule has 0 amide bonds. The molecule has 0 bridgehead atoms. The van der Waals surface area contributed by atoms with Gasteiger partial charge in [0.05, 0.1) is 24.7 Å². The summed E-state index contributed by atoms with van der Waals surface area (Å²) < 4.78 is 6.29. The molecule has 1 N–H and O–H groups in total. The van der Waals surface area contributed by atoms with Gasteiger partial charge in [-0.3, -0.25) is 9.69 Å². The van der Waals surface area contributed by atoms with Crippen molar-refractivity contribution < 1.29 is 9.53 Å². The number of hydrogen-bond donors (Lipinski definition) is 1. The van der Waals surface area contributed by atoms with Crippen molar-refractivity contribution in [3.63, 3.8) is 0 Å². The summed E-state index contributed by atoms with van der Waals surface area (Å²) in [4.78, 5) is 24.5. The first-order chi connectivity index (χ1) is 15.7. The van der Waals surface area contributed by atoms with Crippen molar-refractivity contribution in [2.75, 3.05) is 25.5 Å². The Balaban J connectivity index is 1.39. The van der Waals surface area contributed by atoms with Gasteiger partial charge in [0.15, 0.2) is 5.65 Å². The Morgan fingerprint density at radius 2 is 2.12 bits per heavy atom. The highest BCUT2D eigenvalue weighted by atomic mass is 32.1. The summed E-state index contributed by atoms with van der Waals surface area (Å²) in [5.41, 5.74) is 3.30. The van der Waals surface area contributed by atoms with E-state index in [0.29, 0.717) is 18.0 Å². The number of carbonyl (C=O) groups is 1. The number of benzene rings is 1. The minimum atomic E-state index is -0.370. The van der Waals surface area contributed by atoms with E-state index in [1.807, 2.05) is 17.4 Å². The van der Waals surface area contributed by atoms with Crippen molar-refractivity contribution in [2.24, 2.45) is 0 Å². The molecule has 32 heavy (non-hydrogen) atoms. The van der Waals surface area contributed by atoms with Crippen LogP contribution in [0.4, 0.5) is 5.82 Å². The van der Waals surface area contributed by atoms with Gasteiger partial charge < -0.3 is 10.1 Å². The molecule has 1 atom stereocenters. The fraction of sp³-hybridized carbons (Fsp3) is 0.304. The van der Waals surface area contributed by atoms with E-state index in [1.54, 1.807) is 6.20 Å². The van der Waals surface area contributed by atoms with Crippen LogP contribution in [0.5, 0.6) is 0 Å². The van der Waals surface area contributed by atoms with Crippen molar-refractivity contribution >= 4 is 34.2 Å². The highest BCUT2D eigenvalue weighted by molar-refractivity contribution is 7.10. The number of carbonyl (C=O) groups excluding carboxylic acids is 1. The number of aromatic nitrogens is 4. The first-order valence-electron chi connectivity index (χ1n) is 10.5. The normalized spacial score (nSPS) is 14.8. The predicted octanol–water partition coefficient (Wildman–Crippen LogP) is 3.27. The third kappa shape index (κ3) is 4.09. The van der Waals surface area contributed by atoms with Crippen LogP contribution in [0.3, 0.4) is 0 Å². The molecule has 0 spiro atoms. The van der Waals surface area contributed by atoms with Crippen LogP contribution >= 0.6 is 11.3 Å². The van der Waals surface area contributed by atoms with Gasteiger partial charge in [0, 0.05) is 24.5 Å². The summed E-state index contributed by atoms with van der Waals surface area (Å²) in [6, 6.07) is 13.0. The molecule has 3 aromatic heterocycles. The Morgan fingerprint density at radius 1 is 1.25 bits per heavy atom. The van der Waals surface area contributed by atoms with Crippen molar-refractivity contribution in [1.82, 2.24) is 24.6 Å². The van der Waals surface area contributed by atoms with Crippen molar-refractivity contribution in [2.45, 2.75) is 25.6 Å². The molecule has 8 nitrogen and oxygen atoms in total. The zero-order chi connectivity index (χ0) is 21.9. The van der Waals surface area contributed by atoms with Crippen LogP contribution in [0.15, 0.2) is 54.3 Å². The number of methoxy groups -OCH3 is 1. The summed E-state index contributed by atoms with van der Waals surface area (Å²) in [5, 5.41) is 10.8. The standard InChI is InChI=1S/C23H24N6O2S/c1-31-21(30)14-29-23-18(11-27-29)22(25-15-26-23)24-12-19(16-5-3-2-4-6-16)28-9-7-20-17(13-28)8-10-32-20/h2-6,8,10-11,15,19H,7,9,12-14H2,1H3,(H,24,25,26). The van der Waals surface area contributed by atoms with E-state index in [0.717, 1.165) is 24.9 Å². The van der Waals surface area contributed by atoms with E-state index in [4.69, 9.17) is 4.74 Å². The first kappa shape index (κ1) is 20.6. The number of thiophene rings is 1. The average molecular weight is 449 g/mol. The second-order valence-corrected chi connectivity index (χ2v) is 8.74. The number of ether oxygens (including phenoxy) is 1. The zero-order valence-electron chi connectivity index (χ0n) is 17.8. The van der Waals surface area contributed by atoms with Gasteiger partial charge >= 0.3 is 5.97 Å². The quantitative estimate of drug-likeness (QED) is 0.434. The van der Waals surface area contributed by atoms with Crippen LogP contribution in [0.25, 0.3) is 11.0 Å². The lowest BCUT2D eigenvalue weighted by molar-refractivity contribution is -0.141.